The monoisotopic (exact) mass is 737 g/mol. The Balaban J connectivity index is 1.12. The van der Waals surface area contributed by atoms with E-state index in [0.717, 1.165) is 66.7 Å². The highest BCUT2D eigenvalue weighted by atomic mass is 35.5. The van der Waals surface area contributed by atoms with E-state index in [0.29, 0.717) is 80.6 Å². The first-order valence-corrected chi connectivity index (χ1v) is 18.9. The summed E-state index contributed by atoms with van der Waals surface area (Å²) in [7, 11) is 1.70. The van der Waals surface area contributed by atoms with Gasteiger partial charge >= 0.3 is 0 Å². The van der Waals surface area contributed by atoms with E-state index in [-0.39, 0.29) is 29.7 Å². The summed E-state index contributed by atoms with van der Waals surface area (Å²) in [6.07, 6.45) is 4.54. The zero-order valence-corrected chi connectivity index (χ0v) is 31.1. The molecule has 0 bridgehead atoms. The van der Waals surface area contributed by atoms with Crippen LogP contribution in [0.15, 0.2) is 54.6 Å². The van der Waals surface area contributed by atoms with Crippen molar-refractivity contribution in [1.29, 1.82) is 0 Å². The Morgan fingerprint density at radius 2 is 1.63 bits per heavy atom. The maximum absolute atomic E-state index is 14.5. The third-order valence-electron chi connectivity index (χ3n) is 9.88. The molecular weight excluding hydrogens is 689 g/mol. The fourth-order valence-electron chi connectivity index (χ4n) is 7.13. The second-order valence-corrected chi connectivity index (χ2v) is 14.6. The number of halogens is 2. The molecule has 2 amide bonds. The van der Waals surface area contributed by atoms with Crippen LogP contribution in [-0.2, 0) is 27.2 Å². The van der Waals surface area contributed by atoms with Gasteiger partial charge in [-0.3, -0.25) is 9.59 Å². The average molecular weight is 739 g/mol. The predicted molar refractivity (Wildman–Crippen MR) is 199 cm³/mol. The van der Waals surface area contributed by atoms with Gasteiger partial charge < -0.3 is 34.1 Å². The lowest BCUT2D eigenvalue weighted by molar-refractivity contribution is -0.138. The van der Waals surface area contributed by atoms with Crippen molar-refractivity contribution in [2.24, 2.45) is 5.92 Å². The molecule has 3 aromatic rings. The Morgan fingerprint density at radius 3 is 2.33 bits per heavy atom. The fourth-order valence-corrected chi connectivity index (χ4v) is 7.84. The van der Waals surface area contributed by atoms with Crippen LogP contribution in [0.2, 0.25) is 10.0 Å². The molecule has 274 valence electrons. The SMILES string of the molecule is COCCCc1cc(CN(C(=O)[C@H]2CNCC[C@@H]2c2ccc(OCCOc3c(Cl)cc(C)cc3Cl)cc2)C2CC2)cc(C(=O)N2CCOCC2)c1. The molecule has 3 aromatic carbocycles. The third kappa shape index (κ3) is 9.96. The minimum Gasteiger partial charge on any atom is -0.490 e. The number of amides is 2. The summed E-state index contributed by atoms with van der Waals surface area (Å²) >= 11 is 12.6. The topological polar surface area (TPSA) is 89.6 Å². The number of hydrogen-bond donors (Lipinski definition) is 1. The van der Waals surface area contributed by atoms with E-state index in [2.05, 4.69) is 28.4 Å². The van der Waals surface area contributed by atoms with Crippen LogP contribution in [-0.4, -0.2) is 94.0 Å². The van der Waals surface area contributed by atoms with Crippen LogP contribution in [0.5, 0.6) is 11.5 Å². The molecule has 2 aliphatic heterocycles. The number of nitrogens with zero attached hydrogens (tertiary/aromatic N) is 2. The molecule has 3 fully saturated rings. The van der Waals surface area contributed by atoms with Crippen LogP contribution in [0.4, 0.5) is 0 Å². The van der Waals surface area contributed by atoms with Crippen LogP contribution >= 0.6 is 23.2 Å². The number of carbonyl (C=O) groups excluding carboxylic acids is 2. The number of carbonyl (C=O) groups is 2. The second-order valence-electron chi connectivity index (χ2n) is 13.8. The summed E-state index contributed by atoms with van der Waals surface area (Å²) in [5.41, 5.74) is 4.87. The Hall–Kier alpha value is -3.34. The molecule has 2 heterocycles. The first-order chi connectivity index (χ1) is 24.8. The molecule has 1 saturated carbocycles. The average Bonchev–Trinajstić information content (AvgIpc) is 3.99. The highest BCUT2D eigenvalue weighted by molar-refractivity contribution is 6.37. The summed E-state index contributed by atoms with van der Waals surface area (Å²) in [4.78, 5) is 32.0. The van der Waals surface area contributed by atoms with Gasteiger partial charge in [-0.15, -0.1) is 0 Å². The molecule has 3 aliphatic rings. The molecule has 0 radical (unpaired) electrons. The summed E-state index contributed by atoms with van der Waals surface area (Å²) < 4.78 is 22.5. The van der Waals surface area contributed by atoms with Crippen LogP contribution in [0.25, 0.3) is 0 Å². The van der Waals surface area contributed by atoms with Gasteiger partial charge in [0.1, 0.15) is 19.0 Å². The lowest BCUT2D eigenvalue weighted by Crippen LogP contribution is -2.47. The molecule has 11 heteroatoms. The van der Waals surface area contributed by atoms with Gasteiger partial charge in [-0.25, -0.2) is 0 Å². The number of rotatable bonds is 15. The molecular formula is C40H49Cl2N3O6. The van der Waals surface area contributed by atoms with Gasteiger partial charge in [0.15, 0.2) is 5.75 Å². The number of aryl methyl sites for hydroxylation is 2. The molecule has 2 saturated heterocycles. The van der Waals surface area contributed by atoms with Crippen molar-refractivity contribution in [1.82, 2.24) is 15.1 Å². The smallest absolute Gasteiger partial charge is 0.254 e. The van der Waals surface area contributed by atoms with Gasteiger partial charge in [-0.05, 0) is 110 Å². The van der Waals surface area contributed by atoms with Gasteiger partial charge in [-0.2, -0.15) is 0 Å². The van der Waals surface area contributed by atoms with E-state index in [9.17, 15) is 9.59 Å². The van der Waals surface area contributed by atoms with Crippen molar-refractivity contribution in [3.63, 3.8) is 0 Å². The normalized spacial score (nSPS) is 19.1. The van der Waals surface area contributed by atoms with Crippen molar-refractivity contribution in [3.8, 4) is 11.5 Å². The zero-order valence-electron chi connectivity index (χ0n) is 29.6. The van der Waals surface area contributed by atoms with Crippen LogP contribution in [0.3, 0.4) is 0 Å². The third-order valence-corrected chi connectivity index (χ3v) is 10.4. The highest BCUT2D eigenvalue weighted by Crippen LogP contribution is 2.37. The number of morpholine rings is 1. The van der Waals surface area contributed by atoms with Gasteiger partial charge in [-0.1, -0.05) is 41.4 Å². The van der Waals surface area contributed by atoms with Gasteiger partial charge in [0.05, 0.1) is 29.2 Å². The number of piperidine rings is 1. The molecule has 51 heavy (non-hydrogen) atoms. The Labute approximate surface area is 311 Å². The van der Waals surface area contributed by atoms with Crippen molar-refractivity contribution in [3.05, 3.63) is 92.5 Å². The number of ether oxygens (including phenoxy) is 4. The van der Waals surface area contributed by atoms with E-state index >= 15 is 0 Å². The Bertz CT molecular complexity index is 1620. The predicted octanol–water partition coefficient (Wildman–Crippen LogP) is 6.70. The maximum atomic E-state index is 14.5. The van der Waals surface area contributed by atoms with Gasteiger partial charge in [0.2, 0.25) is 5.91 Å². The van der Waals surface area contributed by atoms with Crippen LogP contribution in [0.1, 0.15) is 64.2 Å². The first-order valence-electron chi connectivity index (χ1n) is 18.1. The van der Waals surface area contributed by atoms with Crippen LogP contribution in [0, 0.1) is 12.8 Å². The highest BCUT2D eigenvalue weighted by Gasteiger charge is 2.40. The number of benzene rings is 3. The van der Waals surface area contributed by atoms with Crippen molar-refractivity contribution in [2.45, 2.75) is 57.5 Å². The zero-order chi connectivity index (χ0) is 35.7. The number of nitrogens with one attached hydrogen (secondary N) is 1. The molecule has 1 aliphatic carbocycles. The molecule has 0 spiro atoms. The summed E-state index contributed by atoms with van der Waals surface area (Å²) in [5, 5.41) is 4.44. The standard InChI is InChI=1S/C40H49Cl2N3O6/c1-27-20-36(41)38(37(42)21-27)51-19-18-50-33-9-5-30(6-10-33)34-11-12-43-25-35(34)40(47)45(32-7-8-32)26-29-22-28(4-3-15-48-2)23-31(24-29)39(46)44-13-16-49-17-14-44/h5-6,9-10,20-24,32,34-35,43H,3-4,7-8,11-19,25-26H2,1-2H3/t34-,35+/m1/s1. The van der Waals surface area contributed by atoms with E-state index in [1.54, 1.807) is 7.11 Å². The van der Waals surface area contributed by atoms with Gasteiger partial charge in [0, 0.05) is 51.5 Å². The molecule has 6 rings (SSSR count). The summed E-state index contributed by atoms with van der Waals surface area (Å²) in [6, 6.07) is 18.1. The minimum atomic E-state index is -0.192. The van der Waals surface area contributed by atoms with Crippen LogP contribution < -0.4 is 14.8 Å². The maximum Gasteiger partial charge on any atom is 0.254 e. The molecule has 2 atom stereocenters. The minimum absolute atomic E-state index is 0.0222. The van der Waals surface area contributed by atoms with E-state index < -0.39 is 0 Å². The largest absolute Gasteiger partial charge is 0.490 e. The molecule has 0 aromatic heterocycles. The van der Waals surface area contributed by atoms with Gasteiger partial charge in [0.25, 0.3) is 5.91 Å². The molecule has 1 N–H and O–H groups in total. The summed E-state index contributed by atoms with van der Waals surface area (Å²) in [5.74, 6) is 1.28. The van der Waals surface area contributed by atoms with E-state index in [1.165, 1.54) is 0 Å². The number of hydrogen-bond acceptors (Lipinski definition) is 7. The quantitative estimate of drug-likeness (QED) is 0.174. The second kappa shape index (κ2) is 17.9. The Kier molecular flexibility index (Phi) is 13.2. The summed E-state index contributed by atoms with van der Waals surface area (Å²) in [6.45, 7) is 7.46. The van der Waals surface area contributed by atoms with E-state index in [1.807, 2.05) is 48.2 Å². The van der Waals surface area contributed by atoms with Crippen molar-refractivity contribution < 1.29 is 28.5 Å². The van der Waals surface area contributed by atoms with E-state index in [4.69, 9.17) is 42.1 Å². The fraction of sp³-hybridized carbons (Fsp3) is 0.500. The Morgan fingerprint density at radius 1 is 0.922 bits per heavy atom. The lowest BCUT2D eigenvalue weighted by Gasteiger charge is -2.36. The first kappa shape index (κ1) is 37.4. The molecule has 0 unspecified atom stereocenters. The number of methoxy groups -OCH3 is 1. The molecule has 9 nitrogen and oxygen atoms in total. The van der Waals surface area contributed by atoms with Crippen molar-refractivity contribution >= 4 is 35.0 Å². The lowest BCUT2D eigenvalue weighted by atomic mass is 9.80. The van der Waals surface area contributed by atoms with Crippen molar-refractivity contribution in [2.75, 3.05) is 66.3 Å².